The Morgan fingerprint density at radius 2 is 1.16 bits per heavy atom. The highest BCUT2D eigenvalue weighted by atomic mass is 35.5. The van der Waals surface area contributed by atoms with Gasteiger partial charge in [-0.05, 0) is 31.9 Å². The fourth-order valence-corrected chi connectivity index (χ4v) is 3.91. The Balaban J connectivity index is 0.000000683. The van der Waals surface area contributed by atoms with Crippen molar-refractivity contribution in [2.45, 2.75) is 102 Å². The second-order valence-electron chi connectivity index (χ2n) is 9.29. The van der Waals surface area contributed by atoms with Crippen LogP contribution < -0.4 is 0 Å². The largest absolute Gasteiger partial charge is 0.744 e. The van der Waals surface area contributed by atoms with E-state index < -0.39 is 10.1 Å². The summed E-state index contributed by atoms with van der Waals surface area (Å²) in [6.45, 7) is 5.33. The predicted octanol–water partition coefficient (Wildman–Crippen LogP) is 7.25. The standard InChI is InChI=1S/C18H39ClN.C7H8O3S/c1-4-5-6-7-8-9-10-11-12-13-14-15-16-17-20(2,3)18-19;1-6-2-4-7(5-3-6)11(8,9)10/h4-18H2,1-3H3;2-5H,1H3,(H,8,9,10)/q+1;/p-1. The van der Waals surface area contributed by atoms with Gasteiger partial charge in [0.1, 0.15) is 10.1 Å². The van der Waals surface area contributed by atoms with Crippen LogP contribution in [0.1, 0.15) is 96.0 Å². The van der Waals surface area contributed by atoms with Crippen molar-refractivity contribution >= 4 is 21.7 Å². The van der Waals surface area contributed by atoms with Gasteiger partial charge in [0.05, 0.1) is 25.5 Å². The van der Waals surface area contributed by atoms with E-state index in [2.05, 4.69) is 21.0 Å². The first kappa shape index (κ1) is 30.4. The van der Waals surface area contributed by atoms with E-state index in [1.807, 2.05) is 6.92 Å². The molecule has 0 atom stereocenters. The predicted molar refractivity (Wildman–Crippen MR) is 133 cm³/mol. The maximum atomic E-state index is 10.4. The number of halogens is 1. The number of hydrogen-bond donors (Lipinski definition) is 0. The highest BCUT2D eigenvalue weighted by Gasteiger charge is 2.11. The fraction of sp³-hybridized carbons (Fsp3) is 0.760. The van der Waals surface area contributed by atoms with E-state index in [9.17, 15) is 13.0 Å². The minimum Gasteiger partial charge on any atom is -0.744 e. The van der Waals surface area contributed by atoms with E-state index in [0.717, 1.165) is 16.1 Å². The van der Waals surface area contributed by atoms with Crippen molar-refractivity contribution in [2.24, 2.45) is 0 Å². The third-order valence-corrected chi connectivity index (χ3v) is 7.00. The maximum Gasteiger partial charge on any atom is 0.154 e. The SMILES string of the molecule is CCCCCCCCCCCCCCC[N+](C)(C)CCl.Cc1ccc(S(=O)(=O)[O-])cc1. The average Bonchev–Trinajstić information content (AvgIpc) is 2.71. The molecule has 0 aliphatic rings. The van der Waals surface area contributed by atoms with Gasteiger partial charge in [0.2, 0.25) is 0 Å². The molecular weight excluding hydrogens is 430 g/mol. The zero-order valence-electron chi connectivity index (χ0n) is 20.4. The van der Waals surface area contributed by atoms with Crippen LogP contribution in [0.3, 0.4) is 0 Å². The van der Waals surface area contributed by atoms with Crippen LogP contribution in [0.15, 0.2) is 29.2 Å². The Hall–Kier alpha value is -0.620. The molecule has 0 aliphatic carbocycles. The number of aryl methyl sites for hydroxylation is 1. The molecule has 1 aromatic rings. The number of quaternary nitrogens is 1. The molecule has 0 heterocycles. The van der Waals surface area contributed by atoms with Crippen LogP contribution >= 0.6 is 11.6 Å². The molecule has 0 saturated carbocycles. The van der Waals surface area contributed by atoms with E-state index in [1.54, 1.807) is 12.1 Å². The van der Waals surface area contributed by atoms with E-state index >= 15 is 0 Å². The summed E-state index contributed by atoms with van der Waals surface area (Å²) in [6, 6.07) is 6.52. The van der Waals surface area contributed by atoms with Gasteiger partial charge in [-0.15, -0.1) is 0 Å². The summed E-state index contributed by atoms with van der Waals surface area (Å²) in [5.41, 5.74) is 0.928. The summed E-state index contributed by atoms with van der Waals surface area (Å²) in [6.07, 6.45) is 18.6. The lowest BCUT2D eigenvalue weighted by Crippen LogP contribution is -2.38. The Kier molecular flexibility index (Phi) is 17.5. The highest BCUT2D eigenvalue weighted by Crippen LogP contribution is 2.13. The van der Waals surface area contributed by atoms with Crippen molar-refractivity contribution in [3.8, 4) is 0 Å². The lowest BCUT2D eigenvalue weighted by atomic mass is 10.0. The zero-order valence-corrected chi connectivity index (χ0v) is 21.9. The second kappa shape index (κ2) is 17.9. The Morgan fingerprint density at radius 1 is 0.774 bits per heavy atom. The lowest BCUT2D eigenvalue weighted by Gasteiger charge is -2.26. The Labute approximate surface area is 197 Å². The molecule has 0 spiro atoms. The van der Waals surface area contributed by atoms with Crippen molar-refractivity contribution in [3.63, 3.8) is 0 Å². The van der Waals surface area contributed by atoms with Gasteiger partial charge in [-0.1, -0.05) is 107 Å². The monoisotopic (exact) mass is 475 g/mol. The molecule has 6 heteroatoms. The number of rotatable bonds is 16. The third-order valence-electron chi connectivity index (χ3n) is 5.50. The second-order valence-corrected chi connectivity index (χ2v) is 10.9. The summed E-state index contributed by atoms with van der Waals surface area (Å²) < 4.78 is 32.1. The Bertz CT molecular complexity index is 645. The van der Waals surface area contributed by atoms with Gasteiger partial charge in [0, 0.05) is 0 Å². The zero-order chi connectivity index (χ0) is 23.6. The van der Waals surface area contributed by atoms with Crippen LogP contribution in [0.25, 0.3) is 0 Å². The van der Waals surface area contributed by atoms with Gasteiger partial charge in [-0.3, -0.25) is 0 Å². The molecule has 0 fully saturated rings. The number of hydrogen-bond acceptors (Lipinski definition) is 3. The van der Waals surface area contributed by atoms with Gasteiger partial charge in [-0.2, -0.15) is 0 Å². The molecule has 0 aliphatic heterocycles. The molecule has 0 unspecified atom stereocenters. The van der Waals surface area contributed by atoms with Crippen LogP contribution in [0.4, 0.5) is 0 Å². The smallest absolute Gasteiger partial charge is 0.154 e. The molecule has 0 aromatic heterocycles. The molecule has 182 valence electrons. The maximum absolute atomic E-state index is 10.4. The topological polar surface area (TPSA) is 57.2 Å². The van der Waals surface area contributed by atoms with Crippen LogP contribution in [0, 0.1) is 6.92 Å². The van der Waals surface area contributed by atoms with Crippen molar-refractivity contribution < 1.29 is 17.5 Å². The van der Waals surface area contributed by atoms with Crippen molar-refractivity contribution in [1.29, 1.82) is 0 Å². The highest BCUT2D eigenvalue weighted by molar-refractivity contribution is 7.85. The molecule has 0 N–H and O–H groups in total. The summed E-state index contributed by atoms with van der Waals surface area (Å²) in [5.74, 6) is 0. The van der Waals surface area contributed by atoms with Gasteiger partial charge in [0.15, 0.2) is 6.00 Å². The molecule has 1 aromatic carbocycles. The Morgan fingerprint density at radius 3 is 1.52 bits per heavy atom. The van der Waals surface area contributed by atoms with Crippen molar-refractivity contribution in [3.05, 3.63) is 29.8 Å². The van der Waals surface area contributed by atoms with Crippen LogP contribution in [-0.2, 0) is 10.1 Å². The minimum absolute atomic E-state index is 0.178. The summed E-state index contributed by atoms with van der Waals surface area (Å²) >= 11 is 5.92. The average molecular weight is 476 g/mol. The number of alkyl halides is 1. The normalized spacial score (nSPS) is 11.8. The molecule has 0 radical (unpaired) electrons. The first-order valence-electron chi connectivity index (χ1n) is 12.0. The molecular formula is C25H46ClNO3S. The molecule has 0 bridgehead atoms. The van der Waals surface area contributed by atoms with E-state index in [0.29, 0.717) is 0 Å². The van der Waals surface area contributed by atoms with Crippen LogP contribution in [0.2, 0.25) is 0 Å². The number of unbranched alkanes of at least 4 members (excludes halogenated alkanes) is 12. The summed E-state index contributed by atoms with van der Waals surface area (Å²) in [7, 11) is 0.162. The number of benzene rings is 1. The molecule has 4 nitrogen and oxygen atoms in total. The summed E-state index contributed by atoms with van der Waals surface area (Å²) in [5, 5.41) is 0. The van der Waals surface area contributed by atoms with E-state index in [1.165, 1.54) is 102 Å². The van der Waals surface area contributed by atoms with E-state index in [-0.39, 0.29) is 4.90 Å². The first-order valence-corrected chi connectivity index (χ1v) is 14.0. The lowest BCUT2D eigenvalue weighted by molar-refractivity contribution is -0.879. The molecule has 31 heavy (non-hydrogen) atoms. The van der Waals surface area contributed by atoms with Gasteiger partial charge < -0.3 is 9.04 Å². The van der Waals surface area contributed by atoms with Crippen molar-refractivity contribution in [1.82, 2.24) is 0 Å². The summed E-state index contributed by atoms with van der Waals surface area (Å²) in [4.78, 5) is -0.178. The molecule has 0 amide bonds. The van der Waals surface area contributed by atoms with Gasteiger partial charge >= 0.3 is 0 Å². The first-order chi connectivity index (χ1) is 14.6. The molecule has 1 rings (SSSR count). The molecule has 0 saturated heterocycles. The minimum atomic E-state index is -4.27. The quantitative estimate of drug-likeness (QED) is 0.0831. The number of nitrogens with zero attached hydrogens (tertiary/aromatic N) is 1. The van der Waals surface area contributed by atoms with Gasteiger partial charge in [-0.25, -0.2) is 8.42 Å². The van der Waals surface area contributed by atoms with Gasteiger partial charge in [0.25, 0.3) is 0 Å². The van der Waals surface area contributed by atoms with E-state index in [4.69, 9.17) is 11.6 Å². The fourth-order valence-electron chi connectivity index (χ4n) is 3.32. The van der Waals surface area contributed by atoms with Crippen molar-refractivity contribution in [2.75, 3.05) is 26.6 Å². The van der Waals surface area contributed by atoms with Crippen LogP contribution in [0.5, 0.6) is 0 Å². The third kappa shape index (κ3) is 18.6. The van der Waals surface area contributed by atoms with Crippen LogP contribution in [-0.4, -0.2) is 44.1 Å².